The highest BCUT2D eigenvalue weighted by atomic mass is 19.1. The Kier molecular flexibility index (Phi) is 4.17. The highest BCUT2D eigenvalue weighted by molar-refractivity contribution is 6.01. The molecule has 4 aliphatic rings. The van der Waals surface area contributed by atoms with Crippen LogP contribution in [-0.2, 0) is 9.59 Å². The molecule has 3 N–H and O–H groups in total. The number of hydrogen-bond donors (Lipinski definition) is 3. The molecular formula is C22H27FO5. The van der Waals surface area contributed by atoms with E-state index >= 15 is 4.39 Å². The normalized spacial score (nSPS) is 49.9. The first kappa shape index (κ1) is 19.7. The minimum Gasteiger partial charge on any atom is -0.393 e. The molecule has 0 heterocycles. The molecule has 0 saturated heterocycles. The maximum absolute atomic E-state index is 15.2. The summed E-state index contributed by atoms with van der Waals surface area (Å²) in [5.74, 6) is -1.85. The molecule has 4 aliphatic carbocycles. The number of halogens is 1. The van der Waals surface area contributed by atoms with Gasteiger partial charge in [-0.15, -0.1) is 0 Å². The van der Waals surface area contributed by atoms with Crippen molar-refractivity contribution in [3.63, 3.8) is 0 Å². The van der Waals surface area contributed by atoms with Crippen molar-refractivity contribution in [1.29, 1.82) is 0 Å². The predicted octanol–water partition coefficient (Wildman–Crippen LogP) is 1.67. The third-order valence-corrected chi connectivity index (χ3v) is 8.22. The van der Waals surface area contributed by atoms with Crippen LogP contribution in [0.5, 0.6) is 0 Å². The molecule has 0 bridgehead atoms. The summed E-state index contributed by atoms with van der Waals surface area (Å²) in [6.45, 7) is 6.69. The van der Waals surface area contributed by atoms with Crippen LogP contribution in [0.15, 0.2) is 36.0 Å². The van der Waals surface area contributed by atoms with Gasteiger partial charge in [0, 0.05) is 16.7 Å². The molecule has 4 rings (SSSR count). The van der Waals surface area contributed by atoms with Gasteiger partial charge in [-0.2, -0.15) is 0 Å². The molecule has 0 amide bonds. The second kappa shape index (κ2) is 5.94. The lowest BCUT2D eigenvalue weighted by Gasteiger charge is -2.59. The van der Waals surface area contributed by atoms with Crippen molar-refractivity contribution in [1.82, 2.24) is 0 Å². The Bertz CT molecular complexity index is 831. The number of carbonyl (C=O) groups is 2. The Hall–Kier alpha value is -1.63. The maximum atomic E-state index is 15.2. The van der Waals surface area contributed by atoms with Gasteiger partial charge in [0.2, 0.25) is 0 Å². The first-order valence-electron chi connectivity index (χ1n) is 9.83. The van der Waals surface area contributed by atoms with Crippen LogP contribution in [-0.4, -0.2) is 51.4 Å². The van der Waals surface area contributed by atoms with Crippen LogP contribution in [0.3, 0.4) is 0 Å². The van der Waals surface area contributed by atoms with Crippen LogP contribution in [0, 0.1) is 28.6 Å². The average molecular weight is 390 g/mol. The molecule has 6 heteroatoms. The van der Waals surface area contributed by atoms with Crippen molar-refractivity contribution in [3.8, 4) is 0 Å². The molecule has 0 aromatic carbocycles. The second-order valence-corrected chi connectivity index (χ2v) is 9.41. The quantitative estimate of drug-likeness (QED) is 0.624. The van der Waals surface area contributed by atoms with Crippen LogP contribution in [0.2, 0.25) is 0 Å². The molecule has 5 nitrogen and oxygen atoms in total. The summed E-state index contributed by atoms with van der Waals surface area (Å²) < 4.78 is 15.2. The van der Waals surface area contributed by atoms with Gasteiger partial charge < -0.3 is 15.3 Å². The van der Waals surface area contributed by atoms with Crippen LogP contribution >= 0.6 is 0 Å². The molecule has 3 fully saturated rings. The standard InChI is InChI=1S/C22H27FO5/c1-11-6-14-13-8-16(23)15-7-12(25)4-5-20(15,2)19(13)17(26)9-21(14,3)22(11,28)18(27)10-24/h4-5,7,13-14,16-17,19,24,26,28H,1,6,8-10H2,2-3H3/t13-,14-,16+,17-,19+,20-,21-,22-/m0/s1. The number of allylic oxidation sites excluding steroid dienone is 4. The number of rotatable bonds is 2. The van der Waals surface area contributed by atoms with E-state index in [-0.39, 0.29) is 36.4 Å². The van der Waals surface area contributed by atoms with Gasteiger partial charge in [-0.05, 0) is 54.4 Å². The summed E-state index contributed by atoms with van der Waals surface area (Å²) in [4.78, 5) is 24.3. The molecule has 0 radical (unpaired) electrons. The number of alkyl halides is 1. The van der Waals surface area contributed by atoms with Gasteiger partial charge in [0.15, 0.2) is 17.2 Å². The summed E-state index contributed by atoms with van der Waals surface area (Å²) >= 11 is 0. The Morgan fingerprint density at radius 3 is 2.71 bits per heavy atom. The third kappa shape index (κ3) is 2.17. The maximum Gasteiger partial charge on any atom is 0.194 e. The first-order chi connectivity index (χ1) is 13.0. The third-order valence-electron chi connectivity index (χ3n) is 8.22. The monoisotopic (exact) mass is 390 g/mol. The van der Waals surface area contributed by atoms with Crippen molar-refractivity contribution in [2.75, 3.05) is 6.61 Å². The van der Waals surface area contributed by atoms with Crippen LogP contribution in [0.25, 0.3) is 0 Å². The Balaban J connectivity index is 1.82. The molecule has 0 spiro atoms. The molecule has 0 unspecified atom stereocenters. The molecule has 28 heavy (non-hydrogen) atoms. The molecular weight excluding hydrogens is 363 g/mol. The smallest absolute Gasteiger partial charge is 0.194 e. The van der Waals surface area contributed by atoms with E-state index in [1.165, 1.54) is 12.2 Å². The molecule has 8 atom stereocenters. The number of aliphatic hydroxyl groups is 3. The average Bonchev–Trinajstić information content (AvgIpc) is 2.83. The van der Waals surface area contributed by atoms with Crippen LogP contribution in [0.4, 0.5) is 4.39 Å². The Morgan fingerprint density at radius 1 is 1.39 bits per heavy atom. The van der Waals surface area contributed by atoms with Gasteiger partial charge in [0.05, 0.1) is 6.10 Å². The minimum absolute atomic E-state index is 0.126. The summed E-state index contributed by atoms with van der Waals surface area (Å²) in [7, 11) is 0. The number of hydrogen-bond acceptors (Lipinski definition) is 5. The number of carbonyl (C=O) groups excluding carboxylic acids is 2. The largest absolute Gasteiger partial charge is 0.393 e. The minimum atomic E-state index is -1.93. The molecule has 0 aromatic heterocycles. The second-order valence-electron chi connectivity index (χ2n) is 9.41. The number of Topliss-reactive ketones (excluding diaryl/α,β-unsaturated/α-hetero) is 1. The number of fused-ring (bicyclic) bond motifs is 5. The lowest BCUT2D eigenvalue weighted by Crippen LogP contribution is -2.63. The fourth-order valence-corrected chi connectivity index (χ4v) is 6.92. The zero-order chi connectivity index (χ0) is 20.6. The first-order valence-corrected chi connectivity index (χ1v) is 9.83. The van der Waals surface area contributed by atoms with Gasteiger partial charge in [-0.3, -0.25) is 9.59 Å². The fraction of sp³-hybridized carbons (Fsp3) is 0.636. The van der Waals surface area contributed by atoms with E-state index in [0.717, 1.165) is 0 Å². The van der Waals surface area contributed by atoms with Gasteiger partial charge in [0.1, 0.15) is 12.8 Å². The van der Waals surface area contributed by atoms with E-state index < -0.39 is 41.1 Å². The van der Waals surface area contributed by atoms with Gasteiger partial charge in [-0.25, -0.2) is 4.39 Å². The van der Waals surface area contributed by atoms with Crippen LogP contribution in [0.1, 0.15) is 33.1 Å². The Morgan fingerprint density at radius 2 is 2.07 bits per heavy atom. The van der Waals surface area contributed by atoms with Gasteiger partial charge in [-0.1, -0.05) is 26.5 Å². The SMILES string of the molecule is C=C1C[C@H]2[C@@H]3C[C@@H](F)C4=CC(=O)C=C[C@]4(C)[C@H]3[C@@H](O)C[C@]2(C)[C@@]1(O)C(=O)CO. The zero-order valence-corrected chi connectivity index (χ0v) is 16.2. The number of ketones is 2. The van der Waals surface area contributed by atoms with E-state index in [1.807, 2.05) is 6.92 Å². The van der Waals surface area contributed by atoms with Gasteiger partial charge >= 0.3 is 0 Å². The molecule has 152 valence electrons. The highest BCUT2D eigenvalue weighted by Gasteiger charge is 2.70. The van der Waals surface area contributed by atoms with Crippen molar-refractivity contribution in [2.45, 2.75) is 51.0 Å². The lowest BCUT2D eigenvalue weighted by atomic mass is 9.46. The summed E-state index contributed by atoms with van der Waals surface area (Å²) in [5.41, 5.74) is -3.03. The highest BCUT2D eigenvalue weighted by Crippen LogP contribution is 2.68. The number of aliphatic hydroxyl groups excluding tert-OH is 2. The molecule has 0 aromatic rings. The van der Waals surface area contributed by atoms with Crippen molar-refractivity contribution >= 4 is 11.6 Å². The van der Waals surface area contributed by atoms with Crippen LogP contribution < -0.4 is 0 Å². The summed E-state index contributed by atoms with van der Waals surface area (Å²) in [6.07, 6.45) is 2.87. The van der Waals surface area contributed by atoms with E-state index in [4.69, 9.17) is 0 Å². The Labute approximate surface area is 163 Å². The fourth-order valence-electron chi connectivity index (χ4n) is 6.92. The lowest BCUT2D eigenvalue weighted by molar-refractivity contribution is -0.176. The zero-order valence-electron chi connectivity index (χ0n) is 16.2. The summed E-state index contributed by atoms with van der Waals surface area (Å²) in [5, 5.41) is 31.9. The van der Waals surface area contributed by atoms with E-state index in [0.29, 0.717) is 17.6 Å². The molecule has 3 saturated carbocycles. The van der Waals surface area contributed by atoms with Crippen molar-refractivity contribution < 1.29 is 29.3 Å². The molecule has 0 aliphatic heterocycles. The topological polar surface area (TPSA) is 94.8 Å². The van der Waals surface area contributed by atoms with E-state index in [1.54, 1.807) is 13.0 Å². The van der Waals surface area contributed by atoms with Crippen molar-refractivity contribution in [2.24, 2.45) is 28.6 Å². The van der Waals surface area contributed by atoms with E-state index in [2.05, 4.69) is 6.58 Å². The van der Waals surface area contributed by atoms with Gasteiger partial charge in [0.25, 0.3) is 0 Å². The van der Waals surface area contributed by atoms with E-state index in [9.17, 15) is 24.9 Å². The van der Waals surface area contributed by atoms with Crippen molar-refractivity contribution in [3.05, 3.63) is 36.0 Å². The summed E-state index contributed by atoms with van der Waals surface area (Å²) in [6, 6.07) is 0. The predicted molar refractivity (Wildman–Crippen MR) is 99.9 cm³/mol.